The van der Waals surface area contributed by atoms with Gasteiger partial charge < -0.3 is 4.74 Å². The third-order valence-corrected chi connectivity index (χ3v) is 11.2. The Kier molecular flexibility index (Phi) is 8.46. The first-order valence-electron chi connectivity index (χ1n) is 15.7. The second-order valence-electron chi connectivity index (χ2n) is 13.8. The Balaban J connectivity index is 1.29. The number of hydrogen-bond donors (Lipinski definition) is 0. The summed E-state index contributed by atoms with van der Waals surface area (Å²) in [5.41, 5.74) is 4.83. The normalized spacial score (nSPS) is 26.1. The standard InChI is InChI=1S/C34H44N2O6/c1-20(2)21(3)6-7-22(4)31-12-13-32-30-10-8-23-18-27(9-11-28(23)29(30)14-15-34(31,32)5)42-33(37)24-16-25(35(38)39)19-26(17-24)36(40)41/h8,10,16-17,19-22,27,31-32H,6-7,9,11-15,18H2,1-5H3/t21-,22+,27-,31-,32-,34+/m0/s1. The number of hydrogen-bond acceptors (Lipinski definition) is 6. The predicted octanol–water partition coefficient (Wildman–Crippen LogP) is 8.37. The first-order chi connectivity index (χ1) is 19.9. The summed E-state index contributed by atoms with van der Waals surface area (Å²) in [7, 11) is 0. The van der Waals surface area contributed by atoms with Crippen LogP contribution in [-0.2, 0) is 24.0 Å². The summed E-state index contributed by atoms with van der Waals surface area (Å²) < 4.78 is 5.74. The van der Waals surface area contributed by atoms with Gasteiger partial charge >= 0.3 is 5.97 Å². The molecule has 1 saturated carbocycles. The van der Waals surface area contributed by atoms with Gasteiger partial charge in [0.1, 0.15) is 6.10 Å². The number of nitro groups is 2. The fourth-order valence-corrected chi connectivity index (χ4v) is 8.30. The maximum absolute atomic E-state index is 12.9. The summed E-state index contributed by atoms with van der Waals surface area (Å²) in [6.45, 7) is 12.1. The molecule has 1 fully saturated rings. The summed E-state index contributed by atoms with van der Waals surface area (Å²) in [6, 6.07) is 7.49. The van der Waals surface area contributed by atoms with Crippen molar-refractivity contribution in [2.75, 3.05) is 0 Å². The van der Waals surface area contributed by atoms with Crippen LogP contribution in [0.5, 0.6) is 0 Å². The first-order valence-corrected chi connectivity index (χ1v) is 15.7. The topological polar surface area (TPSA) is 113 Å². The van der Waals surface area contributed by atoms with Crippen LogP contribution in [0.3, 0.4) is 0 Å². The van der Waals surface area contributed by atoms with E-state index in [1.165, 1.54) is 54.4 Å². The fraction of sp³-hybridized carbons (Fsp3) is 0.618. The molecule has 3 aliphatic carbocycles. The monoisotopic (exact) mass is 576 g/mol. The fourth-order valence-electron chi connectivity index (χ4n) is 8.30. The van der Waals surface area contributed by atoms with E-state index in [4.69, 9.17) is 4.74 Å². The maximum atomic E-state index is 12.9. The van der Waals surface area contributed by atoms with Crippen LogP contribution in [0.15, 0.2) is 30.3 Å². The molecule has 0 spiro atoms. The summed E-state index contributed by atoms with van der Waals surface area (Å²) in [5.74, 6) is 2.84. The van der Waals surface area contributed by atoms with Gasteiger partial charge in [-0.15, -0.1) is 0 Å². The van der Waals surface area contributed by atoms with Crippen molar-refractivity contribution in [3.05, 3.63) is 78.4 Å². The molecule has 0 heterocycles. The Bertz CT molecular complexity index is 1350. The van der Waals surface area contributed by atoms with Crippen LogP contribution in [0.4, 0.5) is 11.4 Å². The van der Waals surface area contributed by atoms with Gasteiger partial charge in [0.2, 0.25) is 0 Å². The zero-order valence-electron chi connectivity index (χ0n) is 25.6. The van der Waals surface area contributed by atoms with Gasteiger partial charge in [0.15, 0.2) is 0 Å². The Morgan fingerprint density at radius 2 is 1.64 bits per heavy atom. The van der Waals surface area contributed by atoms with Crippen LogP contribution in [0.1, 0.15) is 112 Å². The zero-order chi connectivity index (χ0) is 30.3. The van der Waals surface area contributed by atoms with E-state index >= 15 is 0 Å². The number of esters is 1. The molecule has 0 unspecified atom stereocenters. The second kappa shape index (κ2) is 11.8. The summed E-state index contributed by atoms with van der Waals surface area (Å²) in [4.78, 5) is 33.9. The van der Waals surface area contributed by atoms with E-state index in [9.17, 15) is 25.0 Å². The largest absolute Gasteiger partial charge is 0.458 e. The van der Waals surface area contributed by atoms with Crippen LogP contribution in [0.25, 0.3) is 0 Å². The minimum atomic E-state index is -0.766. The molecule has 226 valence electrons. The second-order valence-corrected chi connectivity index (χ2v) is 13.8. The van der Waals surface area contributed by atoms with Crippen LogP contribution in [0, 0.1) is 49.3 Å². The highest BCUT2D eigenvalue weighted by Gasteiger charge is 2.51. The number of carbonyl (C=O) groups excluding carboxylic acids is 1. The average molecular weight is 577 g/mol. The molecule has 0 aromatic heterocycles. The van der Waals surface area contributed by atoms with Gasteiger partial charge in [0.25, 0.3) is 11.4 Å². The minimum Gasteiger partial charge on any atom is -0.458 e. The van der Waals surface area contributed by atoms with Gasteiger partial charge in [0.05, 0.1) is 21.5 Å². The summed E-state index contributed by atoms with van der Waals surface area (Å²) in [5, 5.41) is 22.5. The number of rotatable bonds is 9. The van der Waals surface area contributed by atoms with Gasteiger partial charge in [-0.1, -0.05) is 59.6 Å². The molecule has 3 aliphatic rings. The van der Waals surface area contributed by atoms with Crippen molar-refractivity contribution in [3.8, 4) is 0 Å². The number of nitro benzene ring substituents is 2. The molecule has 42 heavy (non-hydrogen) atoms. The quantitative estimate of drug-likeness (QED) is 0.168. The Labute approximate surface area is 248 Å². The lowest BCUT2D eigenvalue weighted by Gasteiger charge is -2.45. The third-order valence-electron chi connectivity index (χ3n) is 11.2. The van der Waals surface area contributed by atoms with E-state index in [1.54, 1.807) is 0 Å². The third kappa shape index (κ3) is 5.69. The average Bonchev–Trinajstić information content (AvgIpc) is 3.32. The molecule has 2 aromatic rings. The van der Waals surface area contributed by atoms with Crippen molar-refractivity contribution in [2.45, 2.75) is 104 Å². The van der Waals surface area contributed by atoms with Crippen LogP contribution >= 0.6 is 0 Å². The molecule has 8 heteroatoms. The molecule has 5 rings (SSSR count). The Morgan fingerprint density at radius 3 is 2.29 bits per heavy atom. The van der Waals surface area contributed by atoms with Gasteiger partial charge in [-0.25, -0.2) is 4.79 Å². The van der Waals surface area contributed by atoms with Crippen molar-refractivity contribution >= 4 is 17.3 Å². The predicted molar refractivity (Wildman–Crippen MR) is 162 cm³/mol. The SMILES string of the molecule is CC(C)[C@@H](C)CC[C@@H](C)[C@@H]1CC[C@H]2c3ccc4c(c3CC[C@@]21C)CC[C@H](OC(=O)c1cc([N+](=O)[O-])cc([N+](=O)[O-])c1)C4. The number of nitrogens with zero attached hydrogens (tertiary/aromatic N) is 2. The molecule has 0 N–H and O–H groups in total. The molecule has 2 aromatic carbocycles. The molecule has 8 nitrogen and oxygen atoms in total. The number of ether oxygens (including phenoxy) is 1. The molecular formula is C34H44N2O6. The van der Waals surface area contributed by atoms with E-state index in [1.807, 2.05) is 0 Å². The van der Waals surface area contributed by atoms with Gasteiger partial charge in [-0.2, -0.15) is 0 Å². The Morgan fingerprint density at radius 1 is 0.952 bits per heavy atom. The van der Waals surface area contributed by atoms with Gasteiger partial charge in [0, 0.05) is 18.6 Å². The van der Waals surface area contributed by atoms with Crippen molar-refractivity contribution < 1.29 is 19.4 Å². The molecule has 0 aliphatic heterocycles. The molecule has 0 amide bonds. The number of fused-ring (bicyclic) bond motifs is 5. The van der Waals surface area contributed by atoms with E-state index in [2.05, 4.69) is 46.8 Å². The maximum Gasteiger partial charge on any atom is 0.338 e. The lowest BCUT2D eigenvalue weighted by atomic mass is 9.59. The zero-order valence-corrected chi connectivity index (χ0v) is 25.6. The number of benzene rings is 2. The summed E-state index contributed by atoms with van der Waals surface area (Å²) >= 11 is 0. The minimum absolute atomic E-state index is 0.171. The highest BCUT2D eigenvalue weighted by atomic mass is 16.6. The van der Waals surface area contributed by atoms with E-state index in [0.717, 1.165) is 54.7 Å². The molecule has 0 bridgehead atoms. The van der Waals surface area contributed by atoms with Crippen LogP contribution < -0.4 is 0 Å². The van der Waals surface area contributed by atoms with Crippen molar-refractivity contribution in [1.29, 1.82) is 0 Å². The van der Waals surface area contributed by atoms with Crippen molar-refractivity contribution in [1.82, 2.24) is 0 Å². The number of non-ortho nitro benzene ring substituents is 2. The molecule has 6 atom stereocenters. The van der Waals surface area contributed by atoms with E-state index < -0.39 is 27.2 Å². The Hall–Kier alpha value is -3.29. The molecule has 0 radical (unpaired) electrons. The van der Waals surface area contributed by atoms with Gasteiger partial charge in [-0.3, -0.25) is 20.2 Å². The van der Waals surface area contributed by atoms with Crippen LogP contribution in [-0.4, -0.2) is 21.9 Å². The first kappa shape index (κ1) is 30.2. The molecular weight excluding hydrogens is 532 g/mol. The molecule has 0 saturated heterocycles. The van der Waals surface area contributed by atoms with Crippen LogP contribution in [0.2, 0.25) is 0 Å². The smallest absolute Gasteiger partial charge is 0.338 e. The van der Waals surface area contributed by atoms with Crippen molar-refractivity contribution in [2.24, 2.45) is 29.1 Å². The van der Waals surface area contributed by atoms with Crippen molar-refractivity contribution in [3.63, 3.8) is 0 Å². The van der Waals surface area contributed by atoms with E-state index in [-0.39, 0.29) is 11.7 Å². The lowest BCUT2D eigenvalue weighted by molar-refractivity contribution is -0.394. The van der Waals surface area contributed by atoms with Gasteiger partial charge in [-0.05, 0) is 95.8 Å². The number of carbonyl (C=O) groups is 1. The van der Waals surface area contributed by atoms with E-state index in [0.29, 0.717) is 24.2 Å². The highest BCUT2D eigenvalue weighted by Crippen LogP contribution is 2.61. The summed E-state index contributed by atoms with van der Waals surface area (Å²) in [6.07, 6.45) is 9.20. The highest BCUT2D eigenvalue weighted by molar-refractivity contribution is 5.91. The lowest BCUT2D eigenvalue weighted by Crippen LogP contribution is -2.36.